The third-order valence-corrected chi connectivity index (χ3v) is 11.6. The Hall–Kier alpha value is -3.79. The van der Waals surface area contributed by atoms with Crippen molar-refractivity contribution < 1.29 is 75.2 Å². The molecule has 59 heavy (non-hydrogen) atoms. The van der Waals surface area contributed by atoms with E-state index in [4.69, 9.17) is 43.8 Å². The van der Waals surface area contributed by atoms with Crippen molar-refractivity contribution in [3.05, 3.63) is 78.1 Å². The largest absolute Gasteiger partial charge is 0.472 e. The lowest BCUT2D eigenvalue weighted by molar-refractivity contribution is -0.0616. The van der Waals surface area contributed by atoms with Crippen molar-refractivity contribution in [2.75, 3.05) is 31.3 Å². The van der Waals surface area contributed by atoms with Gasteiger partial charge in [-0.25, -0.2) is 28.1 Å². The zero-order chi connectivity index (χ0) is 43.0. The van der Waals surface area contributed by atoms with Gasteiger partial charge >= 0.3 is 40.5 Å². The second kappa shape index (κ2) is 17.7. The van der Waals surface area contributed by atoms with Crippen LogP contribution in [0.4, 0.5) is 11.6 Å². The first-order chi connectivity index (χ1) is 27.6. The number of ether oxygens (including phenoxy) is 3. The summed E-state index contributed by atoms with van der Waals surface area (Å²) in [5.74, 6) is -0.186. The van der Waals surface area contributed by atoms with Crippen molar-refractivity contribution in [2.24, 2.45) is 0 Å². The molecule has 0 spiro atoms. The van der Waals surface area contributed by atoms with E-state index in [1.807, 2.05) is 0 Å². The summed E-state index contributed by atoms with van der Waals surface area (Å²) in [4.78, 5) is 98.5. The van der Waals surface area contributed by atoms with Crippen LogP contribution in [0.2, 0.25) is 0 Å². The molecule has 3 aliphatic heterocycles. The van der Waals surface area contributed by atoms with E-state index < -0.39 is 128 Å². The van der Waals surface area contributed by atoms with Crippen LogP contribution < -0.4 is 34.1 Å². The van der Waals surface area contributed by atoms with Gasteiger partial charge in [0.15, 0.2) is 0 Å². The number of phosphoric acid groups is 3. The molecule has 31 heteroatoms. The van der Waals surface area contributed by atoms with Crippen molar-refractivity contribution in [1.29, 1.82) is 0 Å². The van der Waals surface area contributed by atoms with Gasteiger partial charge in [-0.1, -0.05) is 0 Å². The average molecular weight is 901 g/mol. The van der Waals surface area contributed by atoms with Gasteiger partial charge < -0.3 is 50.4 Å². The highest BCUT2D eigenvalue weighted by Gasteiger charge is 2.47. The number of hydrogen-bond donors (Lipinski definition) is 8. The number of aromatic amines is 1. The number of aliphatic hydroxyl groups excluding tert-OH is 1. The van der Waals surface area contributed by atoms with Gasteiger partial charge in [-0.3, -0.25) is 46.1 Å². The zero-order valence-corrected chi connectivity index (χ0v) is 33.1. The van der Waals surface area contributed by atoms with Crippen LogP contribution in [0.1, 0.15) is 43.5 Å². The Morgan fingerprint density at radius 3 is 1.66 bits per heavy atom. The Labute approximate surface area is 329 Å². The van der Waals surface area contributed by atoms with Crippen molar-refractivity contribution in [3.63, 3.8) is 0 Å². The SMILES string of the molecule is Cc1cn([C@H]2C[C@H](OP(=O)(O)OC[C@H]3O[C@@H](n4ccc(N)nc4=O)C[C@@H]3OP(=O)(O)OC[C@H]3O[C@@H](n4ccc(N)nc4=O)C[C@@H]3O)[C@@H](COP(=O)(O)O)O2)c(=O)[nH]c1=O. The molecule has 3 aromatic heterocycles. The van der Waals surface area contributed by atoms with Gasteiger partial charge in [0.1, 0.15) is 60.8 Å². The summed E-state index contributed by atoms with van der Waals surface area (Å²) in [6.07, 6.45) is -9.51. The number of phosphoric ester groups is 3. The molecule has 0 aromatic carbocycles. The van der Waals surface area contributed by atoms with Crippen molar-refractivity contribution in [1.82, 2.24) is 28.7 Å². The number of nitrogens with two attached hydrogens (primary N) is 2. The van der Waals surface area contributed by atoms with E-state index in [1.54, 1.807) is 0 Å². The molecule has 0 aliphatic carbocycles. The molecule has 3 fully saturated rings. The van der Waals surface area contributed by atoms with E-state index in [2.05, 4.69) is 19.5 Å². The number of aliphatic hydroxyl groups is 1. The molecule has 0 radical (unpaired) electrons. The molecular formula is C28H39N8O20P3. The molecule has 3 aromatic rings. The topological polar surface area (TPSA) is 403 Å². The number of rotatable bonds is 16. The van der Waals surface area contributed by atoms with E-state index in [0.29, 0.717) is 0 Å². The number of H-pyrrole nitrogens is 1. The van der Waals surface area contributed by atoms with Crippen molar-refractivity contribution in [3.8, 4) is 0 Å². The van der Waals surface area contributed by atoms with Gasteiger partial charge in [-0.05, 0) is 19.1 Å². The Bertz CT molecular complexity index is 2400. The predicted molar refractivity (Wildman–Crippen MR) is 193 cm³/mol. The molecule has 10 N–H and O–H groups in total. The first-order valence-corrected chi connectivity index (χ1v) is 21.8. The quantitative estimate of drug-likeness (QED) is 0.0711. The summed E-state index contributed by atoms with van der Waals surface area (Å²) in [5, 5.41) is 10.5. The van der Waals surface area contributed by atoms with Crippen LogP contribution in [-0.4, -0.2) is 110 Å². The lowest BCUT2D eigenvalue weighted by atomic mass is 10.2. The summed E-state index contributed by atoms with van der Waals surface area (Å²) in [6.45, 7) is -1.18. The number of nitrogens with one attached hydrogen (secondary N) is 1. The molecule has 6 rings (SSSR count). The maximum atomic E-state index is 13.3. The average Bonchev–Trinajstić information content (AvgIpc) is 3.82. The molecule has 0 saturated carbocycles. The van der Waals surface area contributed by atoms with Crippen LogP contribution in [0.25, 0.3) is 0 Å². The van der Waals surface area contributed by atoms with Crippen LogP contribution in [0.5, 0.6) is 0 Å². The van der Waals surface area contributed by atoms with Gasteiger partial charge in [0.2, 0.25) is 0 Å². The highest BCUT2D eigenvalue weighted by Crippen LogP contribution is 2.52. The molecule has 0 bridgehead atoms. The normalized spacial score (nSPS) is 29.4. The Kier molecular flexibility index (Phi) is 13.4. The zero-order valence-electron chi connectivity index (χ0n) is 30.4. The number of hydrogen-bond acceptors (Lipinski definition) is 20. The Morgan fingerprint density at radius 2 is 1.17 bits per heavy atom. The molecule has 3 aliphatic rings. The second-order valence-electron chi connectivity index (χ2n) is 13.3. The van der Waals surface area contributed by atoms with E-state index in [0.717, 1.165) is 19.9 Å². The van der Waals surface area contributed by atoms with Crippen molar-refractivity contribution in [2.45, 2.75) is 81.5 Å². The summed E-state index contributed by atoms with van der Waals surface area (Å²) in [6, 6.07) is 2.58. The summed E-state index contributed by atoms with van der Waals surface area (Å²) in [7, 11) is -15.5. The number of aryl methyl sites for hydroxylation is 1. The monoisotopic (exact) mass is 900 g/mol. The Morgan fingerprint density at radius 1 is 0.729 bits per heavy atom. The number of anilines is 2. The summed E-state index contributed by atoms with van der Waals surface area (Å²) >= 11 is 0. The minimum Gasteiger partial charge on any atom is -0.390 e. The molecule has 11 atom stereocenters. The number of nitrogen functional groups attached to an aromatic ring is 2. The maximum absolute atomic E-state index is 13.3. The fraction of sp³-hybridized carbons (Fsp3) is 0.571. The predicted octanol–water partition coefficient (Wildman–Crippen LogP) is -2.14. The first kappa shape index (κ1) is 44.8. The van der Waals surface area contributed by atoms with Crippen LogP contribution >= 0.6 is 23.5 Å². The minimum atomic E-state index is -5.25. The Balaban J connectivity index is 1.14. The highest BCUT2D eigenvalue weighted by atomic mass is 31.2. The van der Waals surface area contributed by atoms with Crippen molar-refractivity contribution >= 4 is 35.1 Å². The molecular weight excluding hydrogens is 861 g/mol. The molecule has 326 valence electrons. The molecule has 0 amide bonds. The first-order valence-electron chi connectivity index (χ1n) is 17.2. The third kappa shape index (κ3) is 11.3. The number of aromatic nitrogens is 6. The molecule has 3 saturated heterocycles. The minimum absolute atomic E-state index is 0.0496. The van der Waals surface area contributed by atoms with E-state index >= 15 is 0 Å². The summed E-state index contributed by atoms with van der Waals surface area (Å²) < 4.78 is 83.5. The van der Waals surface area contributed by atoms with Gasteiger partial charge in [0.05, 0.1) is 25.9 Å². The van der Waals surface area contributed by atoms with Gasteiger partial charge in [0.25, 0.3) is 5.56 Å². The standard InChI is InChI=1S/C28H39N8O20P3/c1-13-9-36(28(41)33-25(13)38)24-8-16(18(54-24)11-49-57(42,43)44)56-59(47,48)51-12-19-15(7-23(53-19)35-5-3-21(30)32-27(35)40)55-58(45,46)50-10-17-14(37)6-22(52-17)34-4-2-20(29)31-26(34)39/h2-5,9,14-19,22-24,37H,6-8,10-12H2,1H3,(H,45,46)(H,47,48)(H2,29,31,39)(H2,30,32,40)(H,33,38,41)(H2,42,43,44)/t14-,15-,16-,17+,18+,19+,22+,23+,24+/m0/s1. The van der Waals surface area contributed by atoms with E-state index in [-0.39, 0.29) is 30.0 Å². The van der Waals surface area contributed by atoms with E-state index in [1.165, 1.54) is 31.5 Å². The fourth-order valence-corrected chi connectivity index (χ4v) is 8.56. The number of nitrogens with zero attached hydrogens (tertiary/aromatic N) is 5. The van der Waals surface area contributed by atoms with Gasteiger partial charge in [0, 0.05) is 43.4 Å². The van der Waals surface area contributed by atoms with Crippen LogP contribution in [0, 0.1) is 6.92 Å². The van der Waals surface area contributed by atoms with E-state index in [9.17, 15) is 57.6 Å². The second-order valence-corrected chi connectivity index (χ2v) is 17.4. The molecule has 28 nitrogen and oxygen atoms in total. The van der Waals surface area contributed by atoms with Crippen LogP contribution in [0.15, 0.2) is 49.9 Å². The third-order valence-electron chi connectivity index (χ3n) is 9.09. The highest BCUT2D eigenvalue weighted by molar-refractivity contribution is 7.47. The lowest BCUT2D eigenvalue weighted by Crippen LogP contribution is -2.33. The molecule has 2 unspecified atom stereocenters. The smallest absolute Gasteiger partial charge is 0.390 e. The lowest BCUT2D eigenvalue weighted by Gasteiger charge is -2.24. The summed E-state index contributed by atoms with van der Waals surface area (Å²) in [5.41, 5.74) is 7.87. The van der Waals surface area contributed by atoms with Gasteiger partial charge in [-0.2, -0.15) is 9.97 Å². The molecule has 6 heterocycles. The van der Waals surface area contributed by atoms with Crippen LogP contribution in [0.3, 0.4) is 0 Å². The van der Waals surface area contributed by atoms with Crippen LogP contribution in [-0.2, 0) is 50.5 Å². The fourth-order valence-electron chi connectivity index (χ4n) is 6.30. The maximum Gasteiger partial charge on any atom is 0.472 e. The van der Waals surface area contributed by atoms with Gasteiger partial charge in [-0.15, -0.1) is 0 Å².